The van der Waals surface area contributed by atoms with E-state index in [-0.39, 0.29) is 23.1 Å². The van der Waals surface area contributed by atoms with Crippen LogP contribution in [0.25, 0.3) is 0 Å². The predicted molar refractivity (Wildman–Crippen MR) is 112 cm³/mol. The first kappa shape index (κ1) is 19.8. The fourth-order valence-electron chi connectivity index (χ4n) is 3.26. The van der Waals surface area contributed by atoms with Crippen LogP contribution < -0.4 is 15.1 Å². The van der Waals surface area contributed by atoms with Crippen LogP contribution >= 0.6 is 11.6 Å². The lowest BCUT2D eigenvalue weighted by Crippen LogP contribution is -2.47. The Labute approximate surface area is 176 Å². The smallest absolute Gasteiger partial charge is 0.353 e. The van der Waals surface area contributed by atoms with Gasteiger partial charge in [-0.3, -0.25) is 10.1 Å². The molecule has 1 aliphatic rings. The van der Waals surface area contributed by atoms with Crippen LogP contribution in [0, 0.1) is 15.9 Å². The summed E-state index contributed by atoms with van der Waals surface area (Å²) in [7, 11) is 0. The number of nitro groups is 1. The van der Waals surface area contributed by atoms with E-state index in [2.05, 4.69) is 25.2 Å². The van der Waals surface area contributed by atoms with Gasteiger partial charge >= 0.3 is 5.69 Å². The summed E-state index contributed by atoms with van der Waals surface area (Å²) in [6.45, 7) is 2.28. The Kier molecular flexibility index (Phi) is 5.57. The molecule has 1 aromatic carbocycles. The highest BCUT2D eigenvalue weighted by molar-refractivity contribution is 6.30. The van der Waals surface area contributed by atoms with Crippen molar-refractivity contribution >= 4 is 40.4 Å². The van der Waals surface area contributed by atoms with Crippen molar-refractivity contribution in [1.29, 1.82) is 0 Å². The molecule has 0 amide bonds. The second kappa shape index (κ2) is 8.46. The van der Waals surface area contributed by atoms with Gasteiger partial charge in [0.05, 0.1) is 9.95 Å². The van der Waals surface area contributed by atoms with E-state index in [4.69, 9.17) is 11.6 Å². The molecule has 0 atom stereocenters. The molecule has 3 heterocycles. The van der Waals surface area contributed by atoms with Gasteiger partial charge in [0.2, 0.25) is 11.6 Å². The van der Waals surface area contributed by atoms with Crippen LogP contribution in [0.1, 0.15) is 0 Å². The first-order chi connectivity index (χ1) is 14.5. The van der Waals surface area contributed by atoms with E-state index in [1.54, 1.807) is 24.3 Å². The molecule has 154 valence electrons. The van der Waals surface area contributed by atoms with E-state index >= 15 is 0 Å². The molecule has 0 saturated carbocycles. The third-order valence-electron chi connectivity index (χ3n) is 4.73. The van der Waals surface area contributed by atoms with Gasteiger partial charge in [-0.1, -0.05) is 11.6 Å². The van der Waals surface area contributed by atoms with Crippen molar-refractivity contribution in [3.8, 4) is 0 Å². The van der Waals surface area contributed by atoms with Gasteiger partial charge in [-0.2, -0.15) is 0 Å². The minimum absolute atomic E-state index is 0.0563. The van der Waals surface area contributed by atoms with Gasteiger partial charge in [-0.05, 0) is 36.4 Å². The lowest BCUT2D eigenvalue weighted by atomic mass is 10.2. The average Bonchev–Trinajstić information content (AvgIpc) is 2.76. The molecule has 0 bridgehead atoms. The van der Waals surface area contributed by atoms with E-state index in [0.29, 0.717) is 37.0 Å². The van der Waals surface area contributed by atoms with Gasteiger partial charge in [0, 0.05) is 38.1 Å². The number of rotatable bonds is 5. The number of nitrogens with zero attached hydrogens (tertiary/aromatic N) is 6. The molecule has 1 aliphatic heterocycles. The third kappa shape index (κ3) is 4.23. The Bertz CT molecular complexity index is 1040. The number of piperazine rings is 1. The molecule has 1 fully saturated rings. The monoisotopic (exact) mass is 429 g/mol. The summed E-state index contributed by atoms with van der Waals surface area (Å²) in [6, 6.07) is 9.51. The number of hydrogen-bond donors (Lipinski definition) is 1. The fourth-order valence-corrected chi connectivity index (χ4v) is 3.37. The first-order valence-electron chi connectivity index (χ1n) is 9.14. The van der Waals surface area contributed by atoms with Crippen LogP contribution in [0.15, 0.2) is 48.9 Å². The fraction of sp³-hybridized carbons (Fsp3) is 0.211. The zero-order valence-electron chi connectivity index (χ0n) is 15.7. The van der Waals surface area contributed by atoms with E-state index in [1.807, 2.05) is 4.90 Å². The second-order valence-corrected chi connectivity index (χ2v) is 7.03. The molecule has 1 N–H and O–H groups in total. The molecular weight excluding hydrogens is 413 g/mol. The first-order valence-corrected chi connectivity index (χ1v) is 9.52. The lowest BCUT2D eigenvalue weighted by molar-refractivity contribution is -0.383. The summed E-state index contributed by atoms with van der Waals surface area (Å²) in [5.74, 6) is 0.392. The summed E-state index contributed by atoms with van der Waals surface area (Å²) in [4.78, 5) is 27.6. The zero-order chi connectivity index (χ0) is 21.1. The Morgan fingerprint density at radius 3 is 2.33 bits per heavy atom. The molecule has 0 radical (unpaired) electrons. The normalized spacial score (nSPS) is 13.9. The van der Waals surface area contributed by atoms with Gasteiger partial charge in [0.1, 0.15) is 18.0 Å². The maximum absolute atomic E-state index is 13.1. The van der Waals surface area contributed by atoms with Crippen molar-refractivity contribution in [3.63, 3.8) is 0 Å². The summed E-state index contributed by atoms with van der Waals surface area (Å²) < 4.78 is 13.1. The maximum Gasteiger partial charge on any atom is 0.353 e. The van der Waals surface area contributed by atoms with E-state index in [1.165, 1.54) is 24.7 Å². The highest BCUT2D eigenvalue weighted by Crippen LogP contribution is 2.34. The number of nitrogens with one attached hydrogen (secondary N) is 1. The quantitative estimate of drug-likeness (QED) is 0.484. The van der Waals surface area contributed by atoms with Gasteiger partial charge in [0.15, 0.2) is 0 Å². The Morgan fingerprint density at radius 2 is 1.70 bits per heavy atom. The zero-order valence-corrected chi connectivity index (χ0v) is 16.5. The number of halogens is 2. The van der Waals surface area contributed by atoms with Crippen molar-refractivity contribution in [3.05, 3.63) is 69.9 Å². The minimum atomic E-state index is -0.500. The molecule has 0 aliphatic carbocycles. The molecule has 0 unspecified atom stereocenters. The maximum atomic E-state index is 13.1. The second-order valence-electron chi connectivity index (χ2n) is 6.59. The summed E-state index contributed by atoms with van der Waals surface area (Å²) in [5.41, 5.74) is 0.689. The van der Waals surface area contributed by atoms with Crippen LogP contribution in [0.5, 0.6) is 0 Å². The molecular formula is C19H17ClFN7O2. The minimum Gasteiger partial charge on any atom is -0.368 e. The Balaban J connectivity index is 1.54. The Morgan fingerprint density at radius 1 is 1.00 bits per heavy atom. The molecule has 1 saturated heterocycles. The van der Waals surface area contributed by atoms with Gasteiger partial charge in [0.25, 0.3) is 0 Å². The number of hydrogen-bond acceptors (Lipinski definition) is 8. The van der Waals surface area contributed by atoms with Crippen molar-refractivity contribution in [2.24, 2.45) is 0 Å². The molecule has 3 aromatic rings. The number of anilines is 4. The molecule has 0 spiro atoms. The van der Waals surface area contributed by atoms with Crippen molar-refractivity contribution in [2.45, 2.75) is 0 Å². The van der Waals surface area contributed by atoms with E-state index in [0.717, 1.165) is 5.69 Å². The van der Waals surface area contributed by atoms with Crippen LogP contribution in [0.3, 0.4) is 0 Å². The van der Waals surface area contributed by atoms with Gasteiger partial charge in [-0.15, -0.1) is 0 Å². The molecule has 9 nitrogen and oxygen atoms in total. The van der Waals surface area contributed by atoms with E-state index < -0.39 is 4.92 Å². The number of aromatic nitrogens is 3. The third-order valence-corrected chi connectivity index (χ3v) is 4.95. The number of pyridine rings is 1. The predicted octanol–water partition coefficient (Wildman–Crippen LogP) is 3.64. The largest absolute Gasteiger partial charge is 0.368 e. The van der Waals surface area contributed by atoms with Crippen molar-refractivity contribution in [1.82, 2.24) is 15.0 Å². The van der Waals surface area contributed by atoms with Gasteiger partial charge in [-0.25, -0.2) is 19.3 Å². The summed E-state index contributed by atoms with van der Waals surface area (Å²) in [5, 5.41) is 15.1. The van der Waals surface area contributed by atoms with Crippen LogP contribution in [0.4, 0.5) is 33.2 Å². The van der Waals surface area contributed by atoms with Crippen LogP contribution in [-0.2, 0) is 0 Å². The number of benzene rings is 1. The van der Waals surface area contributed by atoms with Crippen molar-refractivity contribution in [2.75, 3.05) is 41.3 Å². The van der Waals surface area contributed by atoms with Crippen LogP contribution in [0.2, 0.25) is 5.02 Å². The molecule has 30 heavy (non-hydrogen) atoms. The molecule has 2 aromatic heterocycles. The summed E-state index contributed by atoms with van der Waals surface area (Å²) in [6.07, 6.45) is 2.72. The highest BCUT2D eigenvalue weighted by Gasteiger charge is 2.29. The Hall–Kier alpha value is -3.53. The lowest BCUT2D eigenvalue weighted by Gasteiger charge is -2.36. The molecule has 11 heteroatoms. The molecule has 4 rings (SSSR count). The highest BCUT2D eigenvalue weighted by atomic mass is 35.5. The summed E-state index contributed by atoms with van der Waals surface area (Å²) >= 11 is 5.83. The van der Waals surface area contributed by atoms with Crippen LogP contribution in [-0.4, -0.2) is 46.1 Å². The topological polar surface area (TPSA) is 100 Å². The van der Waals surface area contributed by atoms with Crippen molar-refractivity contribution < 1.29 is 9.31 Å². The average molecular weight is 430 g/mol. The van der Waals surface area contributed by atoms with E-state index in [9.17, 15) is 14.5 Å². The standard InChI is InChI=1S/C19H17ClFN7O2/c20-13-1-6-16(22-11-13)25-18-17(28(29)30)19(24-12-23-18)27-9-7-26(8-10-27)15-4-2-14(21)3-5-15/h1-6,11-12H,7-10H2,(H,22,23,24,25). The van der Waals surface area contributed by atoms with Gasteiger partial charge < -0.3 is 15.1 Å². The SMILES string of the molecule is O=[N+]([O-])c1c(Nc2ccc(Cl)cn2)ncnc1N1CCN(c2ccc(F)cc2)CC1.